The van der Waals surface area contributed by atoms with Crippen molar-refractivity contribution in [2.75, 3.05) is 0 Å². The molecule has 14 heavy (non-hydrogen) atoms. The first-order valence-electron chi connectivity index (χ1n) is 5.26. The lowest BCUT2D eigenvalue weighted by molar-refractivity contribution is 0.129. The van der Waals surface area contributed by atoms with Crippen LogP contribution in [0.5, 0.6) is 0 Å². The summed E-state index contributed by atoms with van der Waals surface area (Å²) in [4.78, 5) is 0. The van der Waals surface area contributed by atoms with Gasteiger partial charge in [0.25, 0.3) is 0 Å². The van der Waals surface area contributed by atoms with E-state index < -0.39 is 8.32 Å². The molecule has 0 atom stereocenters. The van der Waals surface area contributed by atoms with Gasteiger partial charge in [0.1, 0.15) is 0 Å². The summed E-state index contributed by atoms with van der Waals surface area (Å²) in [6, 6.07) is 0. The second kappa shape index (κ2) is 3.82. The molecule has 0 unspecified atom stereocenters. The van der Waals surface area contributed by atoms with Crippen molar-refractivity contribution in [1.82, 2.24) is 0 Å². The molecule has 0 saturated heterocycles. The Kier molecular flexibility index (Phi) is 3.80. The number of hydrogen-bond donors (Lipinski definition) is 0. The monoisotopic (exact) mass is 214 g/mol. The molecule has 0 aliphatic rings. The van der Waals surface area contributed by atoms with Crippen molar-refractivity contribution in [3.8, 4) is 0 Å². The smallest absolute Gasteiger partial charge is 0.193 e. The fourth-order valence-corrected chi connectivity index (χ4v) is 2.63. The summed E-state index contributed by atoms with van der Waals surface area (Å²) in [5.74, 6) is 0. The topological polar surface area (TPSA) is 9.23 Å². The van der Waals surface area contributed by atoms with Crippen LogP contribution in [-0.2, 0) is 4.43 Å². The average Bonchev–Trinajstić information content (AvgIpc) is 1.80. The van der Waals surface area contributed by atoms with Crippen LogP contribution in [0.15, 0.2) is 12.2 Å². The van der Waals surface area contributed by atoms with Gasteiger partial charge in [0.05, 0.1) is 5.60 Å². The minimum Gasteiger partial charge on any atom is -0.408 e. The van der Waals surface area contributed by atoms with Gasteiger partial charge in [0, 0.05) is 0 Å². The molecule has 2 heteroatoms. The summed E-state index contributed by atoms with van der Waals surface area (Å²) in [7, 11) is -1.66. The minimum absolute atomic E-state index is 0.191. The maximum Gasteiger partial charge on any atom is 0.193 e. The molecular weight excluding hydrogens is 188 g/mol. The van der Waals surface area contributed by atoms with Crippen molar-refractivity contribution >= 4 is 8.32 Å². The Hall–Kier alpha value is -0.0831. The highest BCUT2D eigenvalue weighted by Crippen LogP contribution is 2.40. The van der Waals surface area contributed by atoms with Gasteiger partial charge in [0.2, 0.25) is 0 Å². The van der Waals surface area contributed by atoms with Crippen molar-refractivity contribution in [2.24, 2.45) is 0 Å². The molecule has 84 valence electrons. The van der Waals surface area contributed by atoms with Crippen molar-refractivity contribution in [2.45, 2.75) is 65.3 Å². The van der Waals surface area contributed by atoms with E-state index in [1.165, 1.54) is 0 Å². The summed E-state index contributed by atoms with van der Waals surface area (Å²) in [5, 5.41) is 0.264. The van der Waals surface area contributed by atoms with Crippen LogP contribution in [0.3, 0.4) is 0 Å². The van der Waals surface area contributed by atoms with E-state index in [1.54, 1.807) is 0 Å². The second-order valence-electron chi connectivity index (χ2n) is 6.15. The van der Waals surface area contributed by atoms with Crippen molar-refractivity contribution < 1.29 is 4.43 Å². The molecule has 0 N–H and O–H groups in total. The van der Waals surface area contributed by atoms with E-state index in [-0.39, 0.29) is 10.6 Å². The van der Waals surface area contributed by atoms with E-state index in [0.717, 1.165) is 5.57 Å². The van der Waals surface area contributed by atoms with Crippen LogP contribution in [-0.4, -0.2) is 13.9 Å². The number of rotatable bonds is 3. The van der Waals surface area contributed by atoms with Crippen LogP contribution < -0.4 is 0 Å². The Morgan fingerprint density at radius 1 is 1.07 bits per heavy atom. The SMILES string of the molecule is C=C(C)C(C)(C)O[Si](C)(C)C(C)(C)C. The first-order chi connectivity index (χ1) is 5.90. The molecule has 0 aliphatic heterocycles. The molecule has 0 fully saturated rings. The van der Waals surface area contributed by atoms with Gasteiger partial charge in [-0.25, -0.2) is 0 Å². The van der Waals surface area contributed by atoms with Crippen LogP contribution >= 0.6 is 0 Å². The van der Waals surface area contributed by atoms with Crippen molar-refractivity contribution in [3.63, 3.8) is 0 Å². The van der Waals surface area contributed by atoms with Gasteiger partial charge in [-0.15, -0.1) is 0 Å². The van der Waals surface area contributed by atoms with E-state index >= 15 is 0 Å². The van der Waals surface area contributed by atoms with Crippen LogP contribution in [0.1, 0.15) is 41.5 Å². The second-order valence-corrected chi connectivity index (χ2v) is 10.9. The lowest BCUT2D eigenvalue weighted by atomic mass is 10.0. The average molecular weight is 214 g/mol. The molecule has 0 aromatic carbocycles. The first kappa shape index (κ1) is 13.9. The predicted octanol–water partition coefficient (Wildman–Crippen LogP) is 4.36. The van der Waals surface area contributed by atoms with E-state index in [0.29, 0.717) is 0 Å². The fourth-order valence-electron chi connectivity index (χ4n) is 0.878. The van der Waals surface area contributed by atoms with Crippen LogP contribution in [0.4, 0.5) is 0 Å². The summed E-state index contributed by atoms with van der Waals surface area (Å²) in [6.07, 6.45) is 0. The fraction of sp³-hybridized carbons (Fsp3) is 0.833. The molecular formula is C12H26OSi. The third-order valence-corrected chi connectivity index (χ3v) is 7.98. The van der Waals surface area contributed by atoms with E-state index in [2.05, 4.69) is 54.3 Å². The lowest BCUT2D eigenvalue weighted by Gasteiger charge is -2.43. The maximum absolute atomic E-state index is 6.29. The van der Waals surface area contributed by atoms with Gasteiger partial charge < -0.3 is 4.43 Å². The molecule has 0 rings (SSSR count). The molecule has 0 amide bonds. The third-order valence-electron chi connectivity index (χ3n) is 3.34. The zero-order chi connectivity index (χ0) is 11.8. The van der Waals surface area contributed by atoms with Crippen molar-refractivity contribution in [1.29, 1.82) is 0 Å². The van der Waals surface area contributed by atoms with Crippen LogP contribution in [0.25, 0.3) is 0 Å². The zero-order valence-electron chi connectivity index (χ0n) is 11.1. The van der Waals surface area contributed by atoms with E-state index in [1.807, 2.05) is 6.92 Å². The first-order valence-corrected chi connectivity index (χ1v) is 8.17. The predicted molar refractivity (Wildman–Crippen MR) is 67.2 cm³/mol. The normalized spacial score (nSPS) is 14.3. The largest absolute Gasteiger partial charge is 0.408 e. The Balaban J connectivity index is 4.76. The summed E-state index contributed by atoms with van der Waals surface area (Å²) in [5.41, 5.74) is 0.908. The molecule has 0 radical (unpaired) electrons. The molecule has 0 bridgehead atoms. The third kappa shape index (κ3) is 3.25. The molecule has 0 aliphatic carbocycles. The Morgan fingerprint density at radius 2 is 1.43 bits per heavy atom. The zero-order valence-corrected chi connectivity index (χ0v) is 12.1. The standard InChI is InChI=1S/C12H26OSi/c1-10(2)12(6,7)13-14(8,9)11(3,4)5/h1H2,2-9H3. The van der Waals surface area contributed by atoms with Crippen molar-refractivity contribution in [3.05, 3.63) is 12.2 Å². The quantitative estimate of drug-likeness (QED) is 0.501. The molecule has 1 nitrogen and oxygen atoms in total. The molecule has 0 spiro atoms. The van der Waals surface area contributed by atoms with Gasteiger partial charge in [0.15, 0.2) is 8.32 Å². The molecule has 0 aromatic rings. The van der Waals surface area contributed by atoms with Gasteiger partial charge >= 0.3 is 0 Å². The van der Waals surface area contributed by atoms with Gasteiger partial charge in [-0.05, 0) is 38.9 Å². The van der Waals surface area contributed by atoms with E-state index in [9.17, 15) is 0 Å². The van der Waals surface area contributed by atoms with Gasteiger partial charge in [-0.2, -0.15) is 0 Å². The van der Waals surface area contributed by atoms with Gasteiger partial charge in [-0.3, -0.25) is 0 Å². The molecule has 0 saturated carbocycles. The lowest BCUT2D eigenvalue weighted by Crippen LogP contribution is -2.47. The minimum atomic E-state index is -1.66. The maximum atomic E-state index is 6.29. The van der Waals surface area contributed by atoms with Crippen LogP contribution in [0.2, 0.25) is 18.1 Å². The number of hydrogen-bond acceptors (Lipinski definition) is 1. The van der Waals surface area contributed by atoms with Gasteiger partial charge in [-0.1, -0.05) is 32.9 Å². The summed E-state index contributed by atoms with van der Waals surface area (Å²) < 4.78 is 6.29. The van der Waals surface area contributed by atoms with E-state index in [4.69, 9.17) is 4.43 Å². The molecule has 0 aromatic heterocycles. The highest BCUT2D eigenvalue weighted by atomic mass is 28.4. The summed E-state index contributed by atoms with van der Waals surface area (Å²) in [6.45, 7) is 21.6. The Labute approximate surface area is 90.7 Å². The van der Waals surface area contributed by atoms with Crippen LogP contribution in [0, 0.1) is 0 Å². The highest BCUT2D eigenvalue weighted by Gasteiger charge is 2.41. The highest BCUT2D eigenvalue weighted by molar-refractivity contribution is 6.74. The Bertz CT molecular complexity index is 221. The summed E-state index contributed by atoms with van der Waals surface area (Å²) >= 11 is 0. The Morgan fingerprint density at radius 3 is 1.64 bits per heavy atom. The molecule has 0 heterocycles.